The van der Waals surface area contributed by atoms with Gasteiger partial charge in [0.1, 0.15) is 0 Å². The van der Waals surface area contributed by atoms with E-state index in [1.165, 1.54) is 7.11 Å². The minimum Gasteiger partial charge on any atom is -0.466 e. The third kappa shape index (κ3) is 3.64. The number of methoxy groups -OCH3 is 1. The fourth-order valence-electron chi connectivity index (χ4n) is 1.40. The first-order valence-corrected chi connectivity index (χ1v) is 5.11. The molecular formula is C11H19NO3. The summed E-state index contributed by atoms with van der Waals surface area (Å²) >= 11 is 0. The summed E-state index contributed by atoms with van der Waals surface area (Å²) in [6.45, 7) is 7.18. The third-order valence-electron chi connectivity index (χ3n) is 2.51. The number of nitrogens with one attached hydrogen (secondary N) is 1. The Bertz CT molecular complexity index is 257. The van der Waals surface area contributed by atoms with Gasteiger partial charge < -0.3 is 14.8 Å². The maximum absolute atomic E-state index is 11.0. The van der Waals surface area contributed by atoms with Crippen molar-refractivity contribution < 1.29 is 14.3 Å². The molecule has 1 fully saturated rings. The average molecular weight is 213 g/mol. The molecule has 1 aliphatic heterocycles. The van der Waals surface area contributed by atoms with Crippen LogP contribution in [-0.2, 0) is 14.3 Å². The van der Waals surface area contributed by atoms with Crippen LogP contribution in [0, 0.1) is 5.41 Å². The van der Waals surface area contributed by atoms with E-state index in [1.807, 2.05) is 6.08 Å². The Morgan fingerprint density at radius 3 is 2.73 bits per heavy atom. The molecular weight excluding hydrogens is 194 g/mol. The van der Waals surface area contributed by atoms with E-state index in [0.717, 1.165) is 19.8 Å². The predicted molar refractivity (Wildman–Crippen MR) is 57.6 cm³/mol. The van der Waals surface area contributed by atoms with Gasteiger partial charge >= 0.3 is 5.97 Å². The maximum Gasteiger partial charge on any atom is 0.333 e. The lowest BCUT2D eigenvalue weighted by Gasteiger charge is -2.38. The average Bonchev–Trinajstić information content (AvgIpc) is 2.20. The number of esters is 1. The smallest absolute Gasteiger partial charge is 0.333 e. The van der Waals surface area contributed by atoms with Crippen LogP contribution < -0.4 is 5.32 Å². The van der Waals surface area contributed by atoms with Crippen LogP contribution in [0.3, 0.4) is 0 Å². The van der Waals surface area contributed by atoms with Crippen LogP contribution in [0.2, 0.25) is 0 Å². The molecule has 1 N–H and O–H groups in total. The molecule has 0 unspecified atom stereocenters. The lowest BCUT2D eigenvalue weighted by molar-refractivity contribution is -0.136. The van der Waals surface area contributed by atoms with Crippen LogP contribution >= 0.6 is 0 Å². The van der Waals surface area contributed by atoms with E-state index in [1.54, 1.807) is 6.92 Å². The van der Waals surface area contributed by atoms with Crippen molar-refractivity contribution in [3.63, 3.8) is 0 Å². The summed E-state index contributed by atoms with van der Waals surface area (Å²) in [5, 5.41) is 3.27. The van der Waals surface area contributed by atoms with Crippen LogP contribution in [0.1, 0.15) is 13.8 Å². The lowest BCUT2D eigenvalue weighted by atomic mass is 9.89. The van der Waals surface area contributed by atoms with Gasteiger partial charge in [0.05, 0.1) is 20.3 Å². The third-order valence-corrected chi connectivity index (χ3v) is 2.51. The molecule has 1 heterocycles. The van der Waals surface area contributed by atoms with E-state index in [9.17, 15) is 4.79 Å². The van der Waals surface area contributed by atoms with Gasteiger partial charge in [0, 0.05) is 24.1 Å². The van der Waals surface area contributed by atoms with Crippen molar-refractivity contribution >= 4 is 5.97 Å². The zero-order chi connectivity index (χ0) is 11.3. The molecule has 4 nitrogen and oxygen atoms in total. The van der Waals surface area contributed by atoms with Crippen molar-refractivity contribution in [2.45, 2.75) is 13.8 Å². The highest BCUT2D eigenvalue weighted by atomic mass is 16.5. The van der Waals surface area contributed by atoms with Gasteiger partial charge in [-0.25, -0.2) is 4.79 Å². The first kappa shape index (κ1) is 12.2. The highest BCUT2D eigenvalue weighted by Gasteiger charge is 2.32. The molecule has 0 aliphatic carbocycles. The summed E-state index contributed by atoms with van der Waals surface area (Å²) in [5.41, 5.74) is 0.910. The molecule has 1 rings (SSSR count). The van der Waals surface area contributed by atoms with Crippen LogP contribution in [0.5, 0.6) is 0 Å². The molecule has 0 aromatic heterocycles. The Hall–Kier alpha value is -0.870. The molecule has 0 aromatic carbocycles. The number of hydrogen-bond acceptors (Lipinski definition) is 4. The Kier molecular flexibility index (Phi) is 4.29. The normalized spacial score (nSPS) is 19.5. The van der Waals surface area contributed by atoms with E-state index in [-0.39, 0.29) is 11.4 Å². The van der Waals surface area contributed by atoms with Crippen molar-refractivity contribution in [3.05, 3.63) is 11.6 Å². The molecule has 1 saturated heterocycles. The summed E-state index contributed by atoms with van der Waals surface area (Å²) in [6.07, 6.45) is 1.84. The van der Waals surface area contributed by atoms with Crippen molar-refractivity contribution in [1.82, 2.24) is 5.32 Å². The molecule has 15 heavy (non-hydrogen) atoms. The van der Waals surface area contributed by atoms with Crippen molar-refractivity contribution in [3.8, 4) is 0 Å². The first-order chi connectivity index (χ1) is 7.07. The highest BCUT2D eigenvalue weighted by molar-refractivity contribution is 5.87. The van der Waals surface area contributed by atoms with Gasteiger partial charge in [0.2, 0.25) is 0 Å². The summed E-state index contributed by atoms with van der Waals surface area (Å²) in [6, 6.07) is 0. The molecule has 0 radical (unpaired) electrons. The van der Waals surface area contributed by atoms with E-state index >= 15 is 0 Å². The van der Waals surface area contributed by atoms with Gasteiger partial charge in [-0.3, -0.25) is 0 Å². The Morgan fingerprint density at radius 1 is 1.60 bits per heavy atom. The highest BCUT2D eigenvalue weighted by Crippen LogP contribution is 2.24. The summed E-state index contributed by atoms with van der Waals surface area (Å²) in [4.78, 5) is 11.0. The van der Waals surface area contributed by atoms with Gasteiger partial charge in [-0.1, -0.05) is 13.0 Å². The molecule has 0 atom stereocenters. The Morgan fingerprint density at radius 2 is 2.27 bits per heavy atom. The predicted octanol–water partition coefficient (Wildman–Crippen LogP) is 0.732. The minimum absolute atomic E-state index is 0.269. The van der Waals surface area contributed by atoms with Crippen LogP contribution in [0.4, 0.5) is 0 Å². The summed E-state index contributed by atoms with van der Waals surface area (Å²) in [5.74, 6) is -0.269. The minimum atomic E-state index is -0.269. The lowest BCUT2D eigenvalue weighted by Crippen LogP contribution is -2.47. The summed E-state index contributed by atoms with van der Waals surface area (Å²) < 4.78 is 9.73. The number of ether oxygens (including phenoxy) is 2. The second-order valence-corrected chi connectivity index (χ2v) is 4.31. The number of carbonyl (C=O) groups excluding carboxylic acids is 1. The Balaban J connectivity index is 2.17. The first-order valence-electron chi connectivity index (χ1n) is 5.11. The largest absolute Gasteiger partial charge is 0.466 e. The SMILES string of the molecule is COC(=O)C(C)=CCNCC1(C)COC1. The van der Waals surface area contributed by atoms with E-state index in [0.29, 0.717) is 12.1 Å². The van der Waals surface area contributed by atoms with Gasteiger partial charge in [0.25, 0.3) is 0 Å². The van der Waals surface area contributed by atoms with E-state index in [4.69, 9.17) is 4.74 Å². The molecule has 0 spiro atoms. The number of carbonyl (C=O) groups is 1. The van der Waals surface area contributed by atoms with Gasteiger partial charge in [-0.2, -0.15) is 0 Å². The molecule has 0 bridgehead atoms. The Labute approximate surface area is 90.6 Å². The molecule has 1 aliphatic rings. The van der Waals surface area contributed by atoms with Gasteiger partial charge in [-0.15, -0.1) is 0 Å². The standard InChI is InChI=1S/C11H19NO3/c1-9(10(13)14-3)4-5-12-6-11(2)7-15-8-11/h4,12H,5-8H2,1-3H3. The van der Waals surface area contributed by atoms with Gasteiger partial charge in [0.15, 0.2) is 0 Å². The van der Waals surface area contributed by atoms with Crippen molar-refractivity contribution in [1.29, 1.82) is 0 Å². The molecule has 86 valence electrons. The molecule has 4 heteroatoms. The van der Waals surface area contributed by atoms with Crippen LogP contribution in [0.15, 0.2) is 11.6 Å². The van der Waals surface area contributed by atoms with Crippen LogP contribution in [0.25, 0.3) is 0 Å². The zero-order valence-corrected chi connectivity index (χ0v) is 9.63. The number of rotatable bonds is 5. The van der Waals surface area contributed by atoms with E-state index in [2.05, 4.69) is 17.0 Å². The fourth-order valence-corrected chi connectivity index (χ4v) is 1.40. The maximum atomic E-state index is 11.0. The fraction of sp³-hybridized carbons (Fsp3) is 0.727. The van der Waals surface area contributed by atoms with Crippen molar-refractivity contribution in [2.75, 3.05) is 33.4 Å². The molecule has 0 amide bonds. The quantitative estimate of drug-likeness (QED) is 0.415. The second kappa shape index (κ2) is 5.28. The van der Waals surface area contributed by atoms with Gasteiger partial charge in [-0.05, 0) is 6.92 Å². The second-order valence-electron chi connectivity index (χ2n) is 4.31. The molecule has 0 saturated carbocycles. The topological polar surface area (TPSA) is 47.6 Å². The van der Waals surface area contributed by atoms with Crippen molar-refractivity contribution in [2.24, 2.45) is 5.41 Å². The van der Waals surface area contributed by atoms with E-state index < -0.39 is 0 Å². The summed E-state index contributed by atoms with van der Waals surface area (Å²) in [7, 11) is 1.39. The number of hydrogen-bond donors (Lipinski definition) is 1. The van der Waals surface area contributed by atoms with Crippen LogP contribution in [-0.4, -0.2) is 39.4 Å². The zero-order valence-electron chi connectivity index (χ0n) is 9.63. The monoisotopic (exact) mass is 213 g/mol. The molecule has 0 aromatic rings.